The van der Waals surface area contributed by atoms with Crippen molar-refractivity contribution in [2.24, 2.45) is 23.7 Å². The molecule has 0 N–H and O–H groups in total. The summed E-state index contributed by atoms with van der Waals surface area (Å²) in [6, 6.07) is 11.2. The van der Waals surface area contributed by atoms with Gasteiger partial charge in [-0.2, -0.15) is 0 Å². The van der Waals surface area contributed by atoms with E-state index in [0.29, 0.717) is 6.04 Å². The van der Waals surface area contributed by atoms with Crippen molar-refractivity contribution in [2.45, 2.75) is 45.1 Å². The molecule has 114 valence electrons. The van der Waals surface area contributed by atoms with Gasteiger partial charge in [0.15, 0.2) is 5.82 Å². The molecule has 1 heterocycles. The largest absolute Gasteiger partial charge is 0.308 e. The number of aromatic nitrogens is 3. The standard InChI is InChI=1S/C19H23N3/c1-12-20-21-19(15-5-3-2-4-6-15)22(12)18-16-8-13-7-14(10-16)11-17(18)9-13/h2-6,13-14,16-18H,7-11H2,1H3. The number of benzene rings is 1. The van der Waals surface area contributed by atoms with Crippen LogP contribution in [0.15, 0.2) is 30.3 Å². The van der Waals surface area contributed by atoms with Gasteiger partial charge in [0.25, 0.3) is 0 Å². The molecule has 0 unspecified atom stereocenters. The fraction of sp³-hybridized carbons (Fsp3) is 0.579. The van der Waals surface area contributed by atoms with Crippen LogP contribution in [-0.4, -0.2) is 14.8 Å². The predicted octanol–water partition coefficient (Wildman–Crippen LogP) is 4.25. The molecule has 0 saturated heterocycles. The lowest BCUT2D eigenvalue weighted by Gasteiger charge is -2.55. The molecule has 0 radical (unpaired) electrons. The lowest BCUT2D eigenvalue weighted by Crippen LogP contribution is -2.46. The van der Waals surface area contributed by atoms with Crippen LogP contribution in [0, 0.1) is 30.6 Å². The maximum absolute atomic E-state index is 4.53. The van der Waals surface area contributed by atoms with Crippen LogP contribution in [0.2, 0.25) is 0 Å². The van der Waals surface area contributed by atoms with Gasteiger partial charge in [-0.1, -0.05) is 30.3 Å². The molecule has 6 rings (SSSR count). The Bertz CT molecular complexity index is 660. The monoisotopic (exact) mass is 293 g/mol. The fourth-order valence-corrected chi connectivity index (χ4v) is 5.83. The van der Waals surface area contributed by atoms with Gasteiger partial charge in [-0.05, 0) is 62.7 Å². The average molecular weight is 293 g/mol. The quantitative estimate of drug-likeness (QED) is 0.828. The Morgan fingerprint density at radius 3 is 2.14 bits per heavy atom. The first-order valence-electron chi connectivity index (χ1n) is 8.76. The zero-order chi connectivity index (χ0) is 14.7. The smallest absolute Gasteiger partial charge is 0.164 e. The van der Waals surface area contributed by atoms with Crippen molar-refractivity contribution in [3.63, 3.8) is 0 Å². The Labute approximate surface area is 131 Å². The molecule has 1 aromatic carbocycles. The lowest BCUT2D eigenvalue weighted by atomic mass is 9.54. The second-order valence-electron chi connectivity index (χ2n) is 7.73. The van der Waals surface area contributed by atoms with Crippen molar-refractivity contribution in [3.8, 4) is 11.4 Å². The Morgan fingerprint density at radius 2 is 1.50 bits per heavy atom. The number of hydrogen-bond acceptors (Lipinski definition) is 2. The molecule has 4 fully saturated rings. The third kappa shape index (κ3) is 1.81. The number of hydrogen-bond donors (Lipinski definition) is 0. The van der Waals surface area contributed by atoms with Crippen LogP contribution in [-0.2, 0) is 0 Å². The highest BCUT2D eigenvalue weighted by Gasteiger charge is 2.49. The maximum Gasteiger partial charge on any atom is 0.164 e. The third-order valence-corrected chi connectivity index (χ3v) is 6.37. The molecule has 1 aromatic heterocycles. The summed E-state index contributed by atoms with van der Waals surface area (Å²) in [5, 5.41) is 8.97. The molecule has 3 heteroatoms. The molecular formula is C19H23N3. The SMILES string of the molecule is Cc1nnc(-c2ccccc2)n1C1C2CC3CC(C2)CC1C3. The van der Waals surface area contributed by atoms with Gasteiger partial charge in [-0.3, -0.25) is 0 Å². The van der Waals surface area contributed by atoms with Crippen molar-refractivity contribution in [1.82, 2.24) is 14.8 Å². The van der Waals surface area contributed by atoms with E-state index in [1.165, 1.54) is 37.7 Å². The number of rotatable bonds is 2. The highest BCUT2D eigenvalue weighted by Crippen LogP contribution is 2.58. The van der Waals surface area contributed by atoms with Crippen molar-refractivity contribution in [1.29, 1.82) is 0 Å². The molecule has 4 aliphatic carbocycles. The van der Waals surface area contributed by atoms with Gasteiger partial charge in [0.05, 0.1) is 0 Å². The second kappa shape index (κ2) is 4.68. The van der Waals surface area contributed by atoms with E-state index in [9.17, 15) is 0 Å². The van der Waals surface area contributed by atoms with E-state index in [1.807, 2.05) is 0 Å². The van der Waals surface area contributed by atoms with Gasteiger partial charge in [-0.15, -0.1) is 10.2 Å². The summed E-state index contributed by atoms with van der Waals surface area (Å²) in [6.45, 7) is 2.13. The van der Waals surface area contributed by atoms with Crippen LogP contribution in [0.1, 0.15) is 44.0 Å². The minimum absolute atomic E-state index is 0.637. The van der Waals surface area contributed by atoms with Crippen molar-refractivity contribution in [3.05, 3.63) is 36.2 Å². The summed E-state index contributed by atoms with van der Waals surface area (Å²) in [4.78, 5) is 0. The van der Waals surface area contributed by atoms with Crippen LogP contribution in [0.4, 0.5) is 0 Å². The van der Waals surface area contributed by atoms with Crippen molar-refractivity contribution < 1.29 is 0 Å². The first-order valence-corrected chi connectivity index (χ1v) is 8.76. The molecular weight excluding hydrogens is 270 g/mol. The molecule has 3 nitrogen and oxygen atoms in total. The van der Waals surface area contributed by atoms with E-state index in [2.05, 4.69) is 52.0 Å². The number of aryl methyl sites for hydroxylation is 1. The van der Waals surface area contributed by atoms with Crippen LogP contribution in [0.25, 0.3) is 11.4 Å². The first-order chi connectivity index (χ1) is 10.8. The first kappa shape index (κ1) is 12.9. The number of nitrogens with zero attached hydrogens (tertiary/aromatic N) is 3. The summed E-state index contributed by atoms with van der Waals surface area (Å²) in [7, 11) is 0. The van der Waals surface area contributed by atoms with E-state index < -0.39 is 0 Å². The van der Waals surface area contributed by atoms with E-state index in [0.717, 1.165) is 35.3 Å². The lowest BCUT2D eigenvalue weighted by molar-refractivity contribution is -0.0293. The zero-order valence-electron chi connectivity index (χ0n) is 13.2. The minimum atomic E-state index is 0.637. The van der Waals surface area contributed by atoms with Gasteiger partial charge in [0.2, 0.25) is 0 Å². The van der Waals surface area contributed by atoms with Crippen LogP contribution >= 0.6 is 0 Å². The van der Waals surface area contributed by atoms with Gasteiger partial charge >= 0.3 is 0 Å². The van der Waals surface area contributed by atoms with E-state index in [1.54, 1.807) is 0 Å². The highest BCUT2D eigenvalue weighted by molar-refractivity contribution is 5.55. The van der Waals surface area contributed by atoms with Gasteiger partial charge in [-0.25, -0.2) is 0 Å². The molecule has 2 aromatic rings. The summed E-state index contributed by atoms with van der Waals surface area (Å²) in [5.74, 6) is 5.90. The zero-order valence-corrected chi connectivity index (χ0v) is 13.2. The molecule has 0 atom stereocenters. The summed E-state index contributed by atoms with van der Waals surface area (Å²) >= 11 is 0. The Kier molecular flexibility index (Phi) is 2.73. The molecule has 4 bridgehead atoms. The van der Waals surface area contributed by atoms with Crippen LogP contribution in [0.5, 0.6) is 0 Å². The Balaban J connectivity index is 1.60. The average Bonchev–Trinajstić information content (AvgIpc) is 2.89. The predicted molar refractivity (Wildman–Crippen MR) is 86.3 cm³/mol. The fourth-order valence-electron chi connectivity index (χ4n) is 5.83. The summed E-state index contributed by atoms with van der Waals surface area (Å²) < 4.78 is 2.49. The minimum Gasteiger partial charge on any atom is -0.308 e. The van der Waals surface area contributed by atoms with E-state index >= 15 is 0 Å². The highest BCUT2D eigenvalue weighted by atomic mass is 15.3. The van der Waals surface area contributed by atoms with Gasteiger partial charge in [0, 0.05) is 11.6 Å². The van der Waals surface area contributed by atoms with Crippen molar-refractivity contribution in [2.75, 3.05) is 0 Å². The molecule has 0 amide bonds. The molecule has 4 aliphatic rings. The Morgan fingerprint density at radius 1 is 0.864 bits per heavy atom. The topological polar surface area (TPSA) is 30.7 Å². The molecule has 4 saturated carbocycles. The third-order valence-electron chi connectivity index (χ3n) is 6.37. The summed E-state index contributed by atoms with van der Waals surface area (Å²) in [5.41, 5.74) is 1.21. The van der Waals surface area contributed by atoms with Crippen molar-refractivity contribution >= 4 is 0 Å². The normalized spacial score (nSPS) is 36.0. The Hall–Kier alpha value is -1.64. The molecule has 22 heavy (non-hydrogen) atoms. The summed E-state index contributed by atoms with van der Waals surface area (Å²) in [6.07, 6.45) is 7.24. The van der Waals surface area contributed by atoms with E-state index in [-0.39, 0.29) is 0 Å². The van der Waals surface area contributed by atoms with Crippen LogP contribution < -0.4 is 0 Å². The van der Waals surface area contributed by atoms with E-state index in [4.69, 9.17) is 0 Å². The maximum atomic E-state index is 4.53. The molecule has 0 spiro atoms. The molecule has 0 aliphatic heterocycles. The van der Waals surface area contributed by atoms with Gasteiger partial charge < -0.3 is 4.57 Å². The van der Waals surface area contributed by atoms with Gasteiger partial charge in [0.1, 0.15) is 5.82 Å². The second-order valence-corrected chi connectivity index (χ2v) is 7.73. The van der Waals surface area contributed by atoms with Crippen LogP contribution in [0.3, 0.4) is 0 Å².